The molecule has 0 saturated carbocycles. The first-order valence-electron chi connectivity index (χ1n) is 7.55. The summed E-state index contributed by atoms with van der Waals surface area (Å²) in [6.45, 7) is 2.37. The van der Waals surface area contributed by atoms with Crippen molar-refractivity contribution in [1.82, 2.24) is 10.6 Å². The Morgan fingerprint density at radius 1 is 1.04 bits per heavy atom. The molecular weight excluding hydrogens is 344 g/mol. The fourth-order valence-electron chi connectivity index (χ4n) is 2.04. The van der Waals surface area contributed by atoms with Crippen molar-refractivity contribution >= 4 is 35.2 Å². The van der Waals surface area contributed by atoms with Crippen LogP contribution in [0.25, 0.3) is 0 Å². The molecule has 0 unspecified atom stereocenters. The molecular formula is C18H19ClN2O2S. The van der Waals surface area contributed by atoms with Crippen LogP contribution in [0.3, 0.4) is 0 Å². The van der Waals surface area contributed by atoms with Crippen molar-refractivity contribution in [1.29, 1.82) is 0 Å². The quantitative estimate of drug-likeness (QED) is 0.587. The number of carbonyl (C=O) groups is 2. The Morgan fingerprint density at radius 2 is 1.75 bits per heavy atom. The van der Waals surface area contributed by atoms with E-state index in [4.69, 9.17) is 11.6 Å². The van der Waals surface area contributed by atoms with Crippen molar-refractivity contribution in [2.75, 3.05) is 18.8 Å². The smallest absolute Gasteiger partial charge is 0.251 e. The summed E-state index contributed by atoms with van der Waals surface area (Å²) >= 11 is 7.46. The molecule has 0 saturated heterocycles. The Kier molecular flexibility index (Phi) is 7.15. The number of halogens is 1. The van der Waals surface area contributed by atoms with Crippen LogP contribution in [0, 0.1) is 6.92 Å². The molecule has 2 aromatic carbocycles. The van der Waals surface area contributed by atoms with Gasteiger partial charge < -0.3 is 10.6 Å². The van der Waals surface area contributed by atoms with E-state index in [2.05, 4.69) is 10.6 Å². The lowest BCUT2D eigenvalue weighted by atomic mass is 10.1. The van der Waals surface area contributed by atoms with Crippen molar-refractivity contribution in [3.8, 4) is 0 Å². The molecule has 24 heavy (non-hydrogen) atoms. The number of amides is 2. The van der Waals surface area contributed by atoms with E-state index in [1.807, 2.05) is 43.3 Å². The summed E-state index contributed by atoms with van der Waals surface area (Å²) in [5.41, 5.74) is 1.47. The van der Waals surface area contributed by atoms with Gasteiger partial charge in [-0.05, 0) is 42.8 Å². The average Bonchev–Trinajstić information content (AvgIpc) is 2.58. The second kappa shape index (κ2) is 9.35. The van der Waals surface area contributed by atoms with E-state index in [0.717, 1.165) is 16.2 Å². The van der Waals surface area contributed by atoms with Gasteiger partial charge in [-0.25, -0.2) is 0 Å². The van der Waals surface area contributed by atoms with E-state index in [1.54, 1.807) is 23.9 Å². The molecule has 2 N–H and O–H groups in total. The van der Waals surface area contributed by atoms with Crippen molar-refractivity contribution in [2.45, 2.75) is 11.8 Å². The maximum Gasteiger partial charge on any atom is 0.251 e. The third-order valence-electron chi connectivity index (χ3n) is 3.31. The third-order valence-corrected chi connectivity index (χ3v) is 4.57. The molecule has 0 fully saturated rings. The number of benzene rings is 2. The Labute approximate surface area is 151 Å². The van der Waals surface area contributed by atoms with Gasteiger partial charge in [0.25, 0.3) is 5.91 Å². The van der Waals surface area contributed by atoms with E-state index < -0.39 is 0 Å². The summed E-state index contributed by atoms with van der Waals surface area (Å²) in [6, 6.07) is 14.8. The van der Waals surface area contributed by atoms with Crippen molar-refractivity contribution in [2.24, 2.45) is 0 Å². The van der Waals surface area contributed by atoms with Crippen LogP contribution in [0.5, 0.6) is 0 Å². The number of hydrogen-bond donors (Lipinski definition) is 2. The van der Waals surface area contributed by atoms with Gasteiger partial charge in [0.05, 0.1) is 6.54 Å². The van der Waals surface area contributed by atoms with Gasteiger partial charge in [0.2, 0.25) is 5.91 Å². The predicted molar refractivity (Wildman–Crippen MR) is 98.7 cm³/mol. The first kappa shape index (κ1) is 18.4. The van der Waals surface area contributed by atoms with Crippen LogP contribution in [-0.2, 0) is 4.79 Å². The molecule has 0 bridgehead atoms. The normalized spacial score (nSPS) is 10.2. The van der Waals surface area contributed by atoms with Gasteiger partial charge in [-0.2, -0.15) is 0 Å². The zero-order chi connectivity index (χ0) is 17.4. The second-order valence-electron chi connectivity index (χ2n) is 5.15. The predicted octanol–water partition coefficient (Wildman–Crippen LogP) is 3.29. The molecule has 2 amide bonds. The minimum absolute atomic E-state index is 0.0290. The molecule has 0 aliphatic carbocycles. The molecule has 0 radical (unpaired) electrons. The SMILES string of the molecule is Cc1ccccc1C(=O)NCC(=O)NCCSc1ccc(Cl)cc1. The zero-order valence-corrected chi connectivity index (χ0v) is 14.9. The van der Waals surface area contributed by atoms with Crippen LogP contribution in [0.4, 0.5) is 0 Å². The Morgan fingerprint density at radius 3 is 2.46 bits per heavy atom. The number of thioether (sulfide) groups is 1. The monoisotopic (exact) mass is 362 g/mol. The minimum atomic E-state index is -0.237. The number of rotatable bonds is 7. The molecule has 2 rings (SSSR count). The molecule has 0 spiro atoms. The lowest BCUT2D eigenvalue weighted by molar-refractivity contribution is -0.120. The average molecular weight is 363 g/mol. The first-order valence-corrected chi connectivity index (χ1v) is 8.91. The lowest BCUT2D eigenvalue weighted by Crippen LogP contribution is -2.37. The fraction of sp³-hybridized carbons (Fsp3) is 0.222. The highest BCUT2D eigenvalue weighted by Crippen LogP contribution is 2.19. The van der Waals surface area contributed by atoms with Crippen molar-refractivity contribution < 1.29 is 9.59 Å². The van der Waals surface area contributed by atoms with Crippen LogP contribution in [0.1, 0.15) is 15.9 Å². The summed E-state index contributed by atoms with van der Waals surface area (Å²) in [5.74, 6) is 0.312. The summed E-state index contributed by atoms with van der Waals surface area (Å²) in [5, 5.41) is 6.12. The van der Waals surface area contributed by atoms with Gasteiger partial charge in [0.1, 0.15) is 0 Å². The van der Waals surface area contributed by atoms with Gasteiger partial charge >= 0.3 is 0 Å². The van der Waals surface area contributed by atoms with Crippen molar-refractivity contribution in [3.05, 3.63) is 64.7 Å². The van der Waals surface area contributed by atoms with Crippen LogP contribution in [0.15, 0.2) is 53.4 Å². The minimum Gasteiger partial charge on any atom is -0.354 e. The van der Waals surface area contributed by atoms with E-state index >= 15 is 0 Å². The van der Waals surface area contributed by atoms with Gasteiger partial charge in [-0.15, -0.1) is 11.8 Å². The van der Waals surface area contributed by atoms with Gasteiger partial charge in [-0.3, -0.25) is 9.59 Å². The molecule has 126 valence electrons. The molecule has 0 atom stereocenters. The topological polar surface area (TPSA) is 58.2 Å². The fourth-order valence-corrected chi connectivity index (χ4v) is 2.93. The molecule has 6 heteroatoms. The summed E-state index contributed by atoms with van der Waals surface area (Å²) in [7, 11) is 0. The number of carbonyl (C=O) groups excluding carboxylic acids is 2. The third kappa shape index (κ3) is 5.91. The standard InChI is InChI=1S/C18H19ClN2O2S/c1-13-4-2-3-5-16(13)18(23)21-12-17(22)20-10-11-24-15-8-6-14(19)7-9-15/h2-9H,10-12H2,1H3,(H,20,22)(H,21,23). The van der Waals surface area contributed by atoms with Gasteiger partial charge in [-0.1, -0.05) is 29.8 Å². The summed E-state index contributed by atoms with van der Waals surface area (Å²) < 4.78 is 0. The van der Waals surface area contributed by atoms with Gasteiger partial charge in [0.15, 0.2) is 0 Å². The molecule has 0 aliphatic heterocycles. The number of nitrogens with one attached hydrogen (secondary N) is 2. The summed E-state index contributed by atoms with van der Waals surface area (Å²) in [6.07, 6.45) is 0. The molecule has 4 nitrogen and oxygen atoms in total. The van der Waals surface area contributed by atoms with E-state index in [1.165, 1.54) is 0 Å². The number of hydrogen-bond acceptors (Lipinski definition) is 3. The second-order valence-corrected chi connectivity index (χ2v) is 6.75. The Balaban J connectivity index is 1.65. The van der Waals surface area contributed by atoms with E-state index in [0.29, 0.717) is 17.1 Å². The molecule has 2 aromatic rings. The highest BCUT2D eigenvalue weighted by molar-refractivity contribution is 7.99. The van der Waals surface area contributed by atoms with E-state index in [-0.39, 0.29) is 18.4 Å². The molecule has 0 aromatic heterocycles. The molecule has 0 aliphatic rings. The summed E-state index contributed by atoms with van der Waals surface area (Å²) in [4.78, 5) is 24.9. The van der Waals surface area contributed by atoms with Crippen LogP contribution < -0.4 is 10.6 Å². The largest absolute Gasteiger partial charge is 0.354 e. The van der Waals surface area contributed by atoms with Crippen LogP contribution in [0.2, 0.25) is 5.02 Å². The molecule has 0 heterocycles. The lowest BCUT2D eigenvalue weighted by Gasteiger charge is -2.08. The van der Waals surface area contributed by atoms with Crippen LogP contribution in [-0.4, -0.2) is 30.7 Å². The Bertz CT molecular complexity index is 704. The first-order chi connectivity index (χ1) is 11.6. The maximum absolute atomic E-state index is 12.0. The highest BCUT2D eigenvalue weighted by Gasteiger charge is 2.09. The number of aryl methyl sites for hydroxylation is 1. The maximum atomic E-state index is 12.0. The highest BCUT2D eigenvalue weighted by atomic mass is 35.5. The zero-order valence-electron chi connectivity index (χ0n) is 13.3. The van der Waals surface area contributed by atoms with Gasteiger partial charge in [0, 0.05) is 27.8 Å². The van der Waals surface area contributed by atoms with Crippen molar-refractivity contribution in [3.63, 3.8) is 0 Å². The Hall–Kier alpha value is -1.98. The van der Waals surface area contributed by atoms with E-state index in [9.17, 15) is 9.59 Å². The van der Waals surface area contributed by atoms with Crippen LogP contribution >= 0.6 is 23.4 Å².